The Bertz CT molecular complexity index is 523. The minimum atomic E-state index is 0.353. The van der Waals surface area contributed by atoms with Gasteiger partial charge in [0.2, 0.25) is 0 Å². The van der Waals surface area contributed by atoms with Gasteiger partial charge in [-0.3, -0.25) is 0 Å². The van der Waals surface area contributed by atoms with Crippen molar-refractivity contribution in [2.75, 3.05) is 10.6 Å². The van der Waals surface area contributed by atoms with Crippen LogP contribution in [0.3, 0.4) is 0 Å². The largest absolute Gasteiger partial charge is 0.368 e. The Balaban J connectivity index is 2.14. The fraction of sp³-hybridized carbons (Fsp3) is 0.286. The highest BCUT2D eigenvalue weighted by Crippen LogP contribution is 2.17. The number of nitrogens with one attached hydrogen (secondary N) is 2. The summed E-state index contributed by atoms with van der Waals surface area (Å²) < 4.78 is 0. The van der Waals surface area contributed by atoms with Crippen molar-refractivity contribution >= 4 is 17.3 Å². The van der Waals surface area contributed by atoms with Crippen LogP contribution < -0.4 is 10.6 Å². The van der Waals surface area contributed by atoms with Gasteiger partial charge in [-0.2, -0.15) is 0 Å². The van der Waals surface area contributed by atoms with Crippen LogP contribution in [0, 0.1) is 6.92 Å². The summed E-state index contributed by atoms with van der Waals surface area (Å²) >= 11 is 0. The average molecular weight is 242 g/mol. The molecular formula is C14H18N4. The van der Waals surface area contributed by atoms with Crippen LogP contribution in [0.15, 0.2) is 36.7 Å². The van der Waals surface area contributed by atoms with Gasteiger partial charge in [-0.05, 0) is 38.5 Å². The lowest BCUT2D eigenvalue weighted by Crippen LogP contribution is -2.11. The molecule has 0 saturated carbocycles. The molecule has 0 atom stereocenters. The first kappa shape index (κ1) is 12.4. The Kier molecular flexibility index (Phi) is 3.77. The summed E-state index contributed by atoms with van der Waals surface area (Å²) in [6.07, 6.45) is 1.56. The van der Waals surface area contributed by atoms with Gasteiger partial charge in [0, 0.05) is 17.8 Å². The summed E-state index contributed by atoms with van der Waals surface area (Å²) in [5.74, 6) is 1.62. The maximum absolute atomic E-state index is 4.21. The predicted octanol–water partition coefficient (Wildman–Crippen LogP) is 3.35. The Hall–Kier alpha value is -2.10. The molecule has 4 heteroatoms. The first-order valence-electron chi connectivity index (χ1n) is 6.06. The van der Waals surface area contributed by atoms with Crippen molar-refractivity contribution in [3.63, 3.8) is 0 Å². The second-order valence-corrected chi connectivity index (χ2v) is 4.58. The van der Waals surface area contributed by atoms with Gasteiger partial charge in [-0.15, -0.1) is 0 Å². The predicted molar refractivity (Wildman–Crippen MR) is 75.3 cm³/mol. The maximum Gasteiger partial charge on any atom is 0.135 e. The number of hydrogen-bond donors (Lipinski definition) is 2. The zero-order chi connectivity index (χ0) is 13.0. The number of aromatic nitrogens is 2. The molecule has 1 heterocycles. The fourth-order valence-corrected chi connectivity index (χ4v) is 1.67. The van der Waals surface area contributed by atoms with E-state index < -0.39 is 0 Å². The van der Waals surface area contributed by atoms with Crippen LogP contribution in [0.2, 0.25) is 0 Å². The molecule has 0 radical (unpaired) electrons. The normalized spacial score (nSPS) is 10.4. The minimum Gasteiger partial charge on any atom is -0.368 e. The molecule has 0 aliphatic heterocycles. The van der Waals surface area contributed by atoms with E-state index in [2.05, 4.69) is 53.5 Å². The monoisotopic (exact) mass is 242 g/mol. The highest BCUT2D eigenvalue weighted by molar-refractivity contribution is 5.59. The van der Waals surface area contributed by atoms with Crippen molar-refractivity contribution in [1.82, 2.24) is 9.97 Å². The van der Waals surface area contributed by atoms with E-state index in [9.17, 15) is 0 Å². The molecule has 0 fully saturated rings. The third-order valence-electron chi connectivity index (χ3n) is 2.39. The minimum absolute atomic E-state index is 0.353. The molecule has 0 unspecified atom stereocenters. The Labute approximate surface area is 107 Å². The van der Waals surface area contributed by atoms with Crippen LogP contribution in [-0.2, 0) is 0 Å². The number of hydrogen-bond acceptors (Lipinski definition) is 4. The van der Waals surface area contributed by atoms with Crippen molar-refractivity contribution < 1.29 is 0 Å². The van der Waals surface area contributed by atoms with E-state index in [1.165, 1.54) is 5.56 Å². The lowest BCUT2D eigenvalue weighted by Gasteiger charge is -2.10. The topological polar surface area (TPSA) is 49.8 Å². The van der Waals surface area contributed by atoms with E-state index in [0.717, 1.165) is 17.3 Å². The van der Waals surface area contributed by atoms with Gasteiger partial charge < -0.3 is 10.6 Å². The van der Waals surface area contributed by atoms with Crippen molar-refractivity contribution in [1.29, 1.82) is 0 Å². The molecule has 0 amide bonds. The van der Waals surface area contributed by atoms with Crippen LogP contribution in [-0.4, -0.2) is 16.0 Å². The van der Waals surface area contributed by atoms with Gasteiger partial charge in [-0.1, -0.05) is 12.1 Å². The summed E-state index contributed by atoms with van der Waals surface area (Å²) in [6, 6.07) is 10.4. The van der Waals surface area contributed by atoms with E-state index in [1.54, 1.807) is 6.33 Å². The van der Waals surface area contributed by atoms with Crippen LogP contribution in [0.1, 0.15) is 19.4 Å². The number of anilines is 3. The van der Waals surface area contributed by atoms with Gasteiger partial charge in [0.15, 0.2) is 0 Å². The first-order valence-corrected chi connectivity index (χ1v) is 6.06. The van der Waals surface area contributed by atoms with E-state index in [1.807, 2.05) is 18.2 Å². The summed E-state index contributed by atoms with van der Waals surface area (Å²) in [5, 5.41) is 6.52. The SMILES string of the molecule is Cc1cccc(Nc2cc(NC(C)C)ncn2)c1. The molecule has 0 spiro atoms. The van der Waals surface area contributed by atoms with Crippen molar-refractivity contribution in [3.05, 3.63) is 42.2 Å². The fourth-order valence-electron chi connectivity index (χ4n) is 1.67. The molecule has 2 rings (SSSR count). The molecular weight excluding hydrogens is 224 g/mol. The van der Waals surface area contributed by atoms with Gasteiger partial charge in [0.05, 0.1) is 0 Å². The number of aryl methyl sites for hydroxylation is 1. The smallest absolute Gasteiger partial charge is 0.135 e. The summed E-state index contributed by atoms with van der Waals surface area (Å²) in [5.41, 5.74) is 2.25. The van der Waals surface area contributed by atoms with Crippen molar-refractivity contribution in [3.8, 4) is 0 Å². The van der Waals surface area contributed by atoms with Crippen LogP contribution >= 0.6 is 0 Å². The summed E-state index contributed by atoms with van der Waals surface area (Å²) in [7, 11) is 0. The Morgan fingerprint density at radius 2 is 1.83 bits per heavy atom. The van der Waals surface area contributed by atoms with Gasteiger partial charge in [0.1, 0.15) is 18.0 Å². The molecule has 2 aromatic rings. The third-order valence-corrected chi connectivity index (χ3v) is 2.39. The van der Waals surface area contributed by atoms with Crippen LogP contribution in [0.4, 0.5) is 17.3 Å². The molecule has 4 nitrogen and oxygen atoms in total. The molecule has 0 aliphatic carbocycles. The quantitative estimate of drug-likeness (QED) is 0.863. The molecule has 0 saturated heterocycles. The van der Waals surface area contributed by atoms with E-state index >= 15 is 0 Å². The molecule has 94 valence electrons. The molecule has 1 aromatic carbocycles. The van der Waals surface area contributed by atoms with Crippen molar-refractivity contribution in [2.45, 2.75) is 26.8 Å². The standard InChI is InChI=1S/C14H18N4/c1-10(2)17-13-8-14(16-9-15-13)18-12-6-4-5-11(3)7-12/h4-10H,1-3H3,(H2,15,16,17,18). The average Bonchev–Trinajstić information content (AvgIpc) is 2.28. The van der Waals surface area contributed by atoms with E-state index in [4.69, 9.17) is 0 Å². The lowest BCUT2D eigenvalue weighted by molar-refractivity contribution is 0.886. The number of benzene rings is 1. The second kappa shape index (κ2) is 5.49. The highest BCUT2D eigenvalue weighted by atomic mass is 15.1. The van der Waals surface area contributed by atoms with E-state index in [-0.39, 0.29) is 0 Å². The van der Waals surface area contributed by atoms with Crippen LogP contribution in [0.5, 0.6) is 0 Å². The molecule has 1 aromatic heterocycles. The van der Waals surface area contributed by atoms with Crippen molar-refractivity contribution in [2.24, 2.45) is 0 Å². The Morgan fingerprint density at radius 3 is 2.56 bits per heavy atom. The molecule has 0 bridgehead atoms. The molecule has 18 heavy (non-hydrogen) atoms. The molecule has 0 aliphatic rings. The zero-order valence-corrected chi connectivity index (χ0v) is 10.9. The summed E-state index contributed by atoms with van der Waals surface area (Å²) in [6.45, 7) is 6.22. The van der Waals surface area contributed by atoms with Crippen LogP contribution in [0.25, 0.3) is 0 Å². The number of rotatable bonds is 4. The summed E-state index contributed by atoms with van der Waals surface area (Å²) in [4.78, 5) is 8.39. The highest BCUT2D eigenvalue weighted by Gasteiger charge is 2.01. The van der Waals surface area contributed by atoms with E-state index in [0.29, 0.717) is 6.04 Å². The Morgan fingerprint density at radius 1 is 1.06 bits per heavy atom. The lowest BCUT2D eigenvalue weighted by atomic mass is 10.2. The van der Waals surface area contributed by atoms with Gasteiger partial charge in [-0.25, -0.2) is 9.97 Å². The van der Waals surface area contributed by atoms with Gasteiger partial charge in [0.25, 0.3) is 0 Å². The maximum atomic E-state index is 4.21. The molecule has 2 N–H and O–H groups in total. The third kappa shape index (κ3) is 3.45. The number of nitrogens with zero attached hydrogens (tertiary/aromatic N) is 2. The van der Waals surface area contributed by atoms with Gasteiger partial charge >= 0.3 is 0 Å². The second-order valence-electron chi connectivity index (χ2n) is 4.58. The first-order chi connectivity index (χ1) is 8.63. The zero-order valence-electron chi connectivity index (χ0n) is 10.9.